The lowest BCUT2D eigenvalue weighted by Gasteiger charge is -2.11. The number of hydrogen-bond donors (Lipinski definition) is 2. The molecule has 31 heavy (non-hydrogen) atoms. The average molecular weight is 415 g/mol. The number of imidazole rings is 1. The number of methoxy groups -OCH3 is 1. The molecule has 0 saturated heterocycles. The van der Waals surface area contributed by atoms with Crippen LogP contribution in [0, 0.1) is 13.8 Å². The number of carbonyl (C=O) groups excluding carboxylic acids is 1. The molecule has 0 fully saturated rings. The van der Waals surface area contributed by atoms with Crippen LogP contribution in [0.3, 0.4) is 0 Å². The van der Waals surface area contributed by atoms with E-state index in [0.717, 1.165) is 39.6 Å². The lowest BCUT2D eigenvalue weighted by Crippen LogP contribution is -2.17. The van der Waals surface area contributed by atoms with Crippen molar-refractivity contribution in [1.82, 2.24) is 14.4 Å². The minimum absolute atomic E-state index is 0.0492. The number of nitrogens with one attached hydrogen (secondary N) is 2. The highest BCUT2D eigenvalue weighted by atomic mass is 16.5. The minimum atomic E-state index is -0.0492. The lowest BCUT2D eigenvalue weighted by molar-refractivity contribution is -0.115. The van der Waals surface area contributed by atoms with Crippen molar-refractivity contribution in [2.24, 2.45) is 0 Å². The predicted molar refractivity (Wildman–Crippen MR) is 123 cm³/mol. The molecular formula is C24H25N5O2. The number of rotatable bonds is 7. The number of nitrogens with zero attached hydrogens (tertiary/aromatic N) is 3. The maximum atomic E-state index is 12.5. The molecule has 0 radical (unpaired) electrons. The number of anilines is 2. The first-order valence-corrected chi connectivity index (χ1v) is 10.1. The third-order valence-electron chi connectivity index (χ3n) is 4.94. The zero-order valence-corrected chi connectivity index (χ0v) is 17.8. The maximum Gasteiger partial charge on any atom is 0.226 e. The largest absolute Gasteiger partial charge is 0.496 e. The fourth-order valence-corrected chi connectivity index (χ4v) is 3.67. The fourth-order valence-electron chi connectivity index (χ4n) is 3.67. The normalized spacial score (nSPS) is 10.8. The van der Waals surface area contributed by atoms with Crippen LogP contribution >= 0.6 is 0 Å². The first-order chi connectivity index (χ1) is 15.0. The van der Waals surface area contributed by atoms with Gasteiger partial charge in [0, 0.05) is 36.6 Å². The van der Waals surface area contributed by atoms with Gasteiger partial charge in [0.05, 0.1) is 13.3 Å². The Hall–Kier alpha value is -3.87. The molecule has 2 aromatic carbocycles. The van der Waals surface area contributed by atoms with Gasteiger partial charge in [0.15, 0.2) is 5.65 Å². The number of fused-ring (bicyclic) bond motifs is 1. The summed E-state index contributed by atoms with van der Waals surface area (Å²) < 4.78 is 7.45. The van der Waals surface area contributed by atoms with Gasteiger partial charge in [0.2, 0.25) is 5.91 Å². The number of hydrogen-bond acceptors (Lipinski definition) is 5. The van der Waals surface area contributed by atoms with Gasteiger partial charge in [0.25, 0.3) is 0 Å². The number of benzene rings is 2. The molecule has 7 heteroatoms. The van der Waals surface area contributed by atoms with Crippen molar-refractivity contribution in [2.45, 2.75) is 20.3 Å². The van der Waals surface area contributed by atoms with Gasteiger partial charge < -0.3 is 15.4 Å². The highest BCUT2D eigenvalue weighted by Gasteiger charge is 2.17. The van der Waals surface area contributed by atoms with Crippen molar-refractivity contribution >= 4 is 23.1 Å². The molecule has 1 amide bonds. The monoisotopic (exact) mass is 415 g/mol. The fraction of sp³-hybridized carbons (Fsp3) is 0.208. The standard InChI is InChI=1S/C24H25N5O2/c1-16-12-17(2)14-18(13-16)27-22(30)8-9-26-24-23(19-6-4-5-7-20(19)31-3)28-21-15-25-10-11-29(21)24/h4-7,10-15,26H,8-9H2,1-3H3,(H,27,30). The first-order valence-electron chi connectivity index (χ1n) is 10.1. The van der Waals surface area contributed by atoms with Crippen molar-refractivity contribution in [3.05, 3.63) is 72.2 Å². The molecule has 0 aliphatic rings. The molecule has 0 aliphatic carbocycles. The highest BCUT2D eigenvalue weighted by molar-refractivity contribution is 5.91. The summed E-state index contributed by atoms with van der Waals surface area (Å²) in [5.74, 6) is 1.47. The predicted octanol–water partition coefficient (Wildman–Crippen LogP) is 4.46. The molecule has 4 rings (SSSR count). The van der Waals surface area contributed by atoms with Crippen LogP contribution in [0.5, 0.6) is 5.75 Å². The SMILES string of the molecule is COc1ccccc1-c1nc2cnccn2c1NCCC(=O)Nc1cc(C)cc(C)c1. The van der Waals surface area contributed by atoms with Gasteiger partial charge in [-0.25, -0.2) is 4.98 Å². The van der Waals surface area contributed by atoms with Crippen LogP contribution in [-0.2, 0) is 4.79 Å². The number of ether oxygens (including phenoxy) is 1. The third-order valence-corrected chi connectivity index (χ3v) is 4.94. The molecule has 2 aromatic heterocycles. The van der Waals surface area contributed by atoms with Gasteiger partial charge in [-0.05, 0) is 49.2 Å². The quantitative estimate of drug-likeness (QED) is 0.466. The van der Waals surface area contributed by atoms with E-state index in [1.165, 1.54) is 0 Å². The Balaban J connectivity index is 1.53. The van der Waals surface area contributed by atoms with Gasteiger partial charge in [0.1, 0.15) is 17.3 Å². The summed E-state index contributed by atoms with van der Waals surface area (Å²) in [6, 6.07) is 13.7. The van der Waals surface area contributed by atoms with E-state index in [-0.39, 0.29) is 5.91 Å². The molecule has 0 bridgehead atoms. The Labute approximate surface area is 181 Å². The van der Waals surface area contributed by atoms with Gasteiger partial charge >= 0.3 is 0 Å². The van der Waals surface area contributed by atoms with E-state index in [1.807, 2.05) is 60.8 Å². The Morgan fingerprint density at radius 1 is 1.13 bits per heavy atom. The van der Waals surface area contributed by atoms with Crippen molar-refractivity contribution in [3.8, 4) is 17.0 Å². The van der Waals surface area contributed by atoms with Crippen molar-refractivity contribution in [2.75, 3.05) is 24.3 Å². The van der Waals surface area contributed by atoms with Crippen LogP contribution in [0.1, 0.15) is 17.5 Å². The Bertz CT molecular complexity index is 1210. The zero-order valence-electron chi connectivity index (χ0n) is 17.8. The first kappa shape index (κ1) is 20.4. The van der Waals surface area contributed by atoms with E-state index >= 15 is 0 Å². The van der Waals surface area contributed by atoms with Crippen molar-refractivity contribution < 1.29 is 9.53 Å². The van der Waals surface area contributed by atoms with Crippen LogP contribution in [0.15, 0.2) is 61.1 Å². The molecule has 0 spiro atoms. The topological polar surface area (TPSA) is 80.6 Å². The van der Waals surface area contributed by atoms with Crippen LogP contribution in [0.4, 0.5) is 11.5 Å². The van der Waals surface area contributed by atoms with Crippen molar-refractivity contribution in [1.29, 1.82) is 0 Å². The van der Waals surface area contributed by atoms with E-state index < -0.39 is 0 Å². The lowest BCUT2D eigenvalue weighted by atomic mass is 10.1. The molecule has 2 N–H and O–H groups in total. The molecule has 4 aromatic rings. The summed E-state index contributed by atoms with van der Waals surface area (Å²) >= 11 is 0. The van der Waals surface area contributed by atoms with E-state index in [1.54, 1.807) is 19.5 Å². The number of carbonyl (C=O) groups is 1. The van der Waals surface area contributed by atoms with Crippen molar-refractivity contribution in [3.63, 3.8) is 0 Å². The summed E-state index contributed by atoms with van der Waals surface area (Å²) in [6.07, 6.45) is 5.57. The molecule has 158 valence electrons. The summed E-state index contributed by atoms with van der Waals surface area (Å²) in [5.41, 5.74) is 5.39. The van der Waals surface area contributed by atoms with Crippen LogP contribution < -0.4 is 15.4 Å². The van der Waals surface area contributed by atoms with E-state index in [9.17, 15) is 4.79 Å². The van der Waals surface area contributed by atoms with Gasteiger partial charge in [-0.3, -0.25) is 14.2 Å². The van der Waals surface area contributed by atoms with E-state index in [0.29, 0.717) is 18.6 Å². The molecule has 7 nitrogen and oxygen atoms in total. The third kappa shape index (κ3) is 4.50. The summed E-state index contributed by atoms with van der Waals surface area (Å²) in [4.78, 5) is 21.4. The molecule has 0 saturated carbocycles. The molecule has 2 heterocycles. The summed E-state index contributed by atoms with van der Waals surface area (Å²) in [5, 5.41) is 6.36. The molecular weight excluding hydrogens is 390 g/mol. The van der Waals surface area contributed by atoms with E-state index in [4.69, 9.17) is 9.72 Å². The smallest absolute Gasteiger partial charge is 0.226 e. The molecule has 0 atom stereocenters. The minimum Gasteiger partial charge on any atom is -0.496 e. The van der Waals surface area contributed by atoms with E-state index in [2.05, 4.69) is 21.7 Å². The second kappa shape index (κ2) is 8.87. The molecule has 0 unspecified atom stereocenters. The number of aromatic nitrogens is 3. The number of para-hydroxylation sites is 1. The van der Waals surface area contributed by atoms with Gasteiger partial charge in [-0.1, -0.05) is 18.2 Å². The Morgan fingerprint density at radius 2 is 1.90 bits per heavy atom. The maximum absolute atomic E-state index is 12.5. The Kier molecular flexibility index (Phi) is 5.84. The second-order valence-corrected chi connectivity index (χ2v) is 7.42. The van der Waals surface area contributed by atoms with Crippen LogP contribution in [0.25, 0.3) is 16.9 Å². The molecule has 0 aliphatic heterocycles. The van der Waals surface area contributed by atoms with Gasteiger partial charge in [-0.2, -0.15) is 0 Å². The van der Waals surface area contributed by atoms with Crippen LogP contribution in [0.2, 0.25) is 0 Å². The summed E-state index contributed by atoms with van der Waals surface area (Å²) in [7, 11) is 1.64. The Morgan fingerprint density at radius 3 is 2.68 bits per heavy atom. The number of amides is 1. The second-order valence-electron chi connectivity index (χ2n) is 7.42. The van der Waals surface area contributed by atoms with Gasteiger partial charge in [-0.15, -0.1) is 0 Å². The summed E-state index contributed by atoms with van der Waals surface area (Å²) in [6.45, 7) is 4.49. The zero-order chi connectivity index (χ0) is 21.8. The number of aryl methyl sites for hydroxylation is 2. The highest BCUT2D eigenvalue weighted by Crippen LogP contribution is 2.34. The van der Waals surface area contributed by atoms with Crippen LogP contribution in [-0.4, -0.2) is 33.9 Å². The average Bonchev–Trinajstić information content (AvgIpc) is 3.11.